The van der Waals surface area contributed by atoms with E-state index in [4.69, 9.17) is 14.7 Å². The van der Waals surface area contributed by atoms with Crippen molar-refractivity contribution in [3.05, 3.63) is 0 Å². The molecule has 210 valence electrons. The molecule has 36 heavy (non-hydrogen) atoms. The van der Waals surface area contributed by atoms with E-state index in [1.165, 1.54) is 44.9 Å². The maximum Gasteiger partial charge on any atom is 0.0971 e. The van der Waals surface area contributed by atoms with Gasteiger partial charge in [0.15, 0.2) is 0 Å². The summed E-state index contributed by atoms with van der Waals surface area (Å²) in [4.78, 5) is 17.0. The lowest BCUT2D eigenvalue weighted by atomic mass is 9.39. The molecule has 0 bridgehead atoms. The molecule has 4 heteroatoms. The topological polar surface area (TPSA) is 47.9 Å². The first-order valence-electron chi connectivity index (χ1n) is 15.5. The van der Waals surface area contributed by atoms with Crippen molar-refractivity contribution in [3.63, 3.8) is 0 Å². The van der Waals surface area contributed by atoms with Crippen LogP contribution in [0.5, 0.6) is 0 Å². The van der Waals surface area contributed by atoms with E-state index in [-0.39, 0.29) is 23.0 Å². The predicted molar refractivity (Wildman–Crippen MR) is 146 cm³/mol. The summed E-state index contributed by atoms with van der Waals surface area (Å²) in [5.74, 6) is 5.53. The zero-order chi connectivity index (χ0) is 26.5. The molecule has 4 saturated carbocycles. The molecule has 11 atom stereocenters. The van der Waals surface area contributed by atoms with Crippen LogP contribution in [-0.4, -0.2) is 24.1 Å². The summed E-state index contributed by atoms with van der Waals surface area (Å²) < 4.78 is 0. The molecule has 4 fully saturated rings. The van der Waals surface area contributed by atoms with Gasteiger partial charge in [0.05, 0.1) is 18.8 Å². The predicted octanol–water partition coefficient (Wildman–Crippen LogP) is 8.79. The molecule has 4 aliphatic rings. The van der Waals surface area contributed by atoms with Crippen LogP contribution in [-0.2, 0) is 14.7 Å². The molecule has 0 aliphatic heterocycles. The normalized spacial score (nSPS) is 45.6. The van der Waals surface area contributed by atoms with Gasteiger partial charge in [0.2, 0.25) is 0 Å². The fourth-order valence-electron chi connectivity index (χ4n) is 11.2. The second kappa shape index (κ2) is 10.8. The van der Waals surface area contributed by atoms with Gasteiger partial charge in [-0.15, -0.1) is 0 Å². The molecule has 0 aromatic carbocycles. The van der Waals surface area contributed by atoms with Gasteiger partial charge in [-0.25, -0.2) is 14.7 Å². The van der Waals surface area contributed by atoms with Gasteiger partial charge in [0.25, 0.3) is 0 Å². The molecular formula is C32H58O4. The first-order valence-corrected chi connectivity index (χ1v) is 15.5. The van der Waals surface area contributed by atoms with Crippen LogP contribution < -0.4 is 0 Å². The van der Waals surface area contributed by atoms with E-state index >= 15 is 0 Å². The lowest BCUT2D eigenvalue weighted by Gasteiger charge is -2.67. The van der Waals surface area contributed by atoms with E-state index in [0.717, 1.165) is 48.3 Å². The third-order valence-corrected chi connectivity index (χ3v) is 12.6. The second-order valence-electron chi connectivity index (χ2n) is 15.1. The van der Waals surface area contributed by atoms with Crippen molar-refractivity contribution in [2.24, 2.45) is 63.6 Å². The van der Waals surface area contributed by atoms with Crippen molar-refractivity contribution in [2.75, 3.05) is 6.61 Å². The van der Waals surface area contributed by atoms with Gasteiger partial charge >= 0.3 is 0 Å². The third kappa shape index (κ3) is 4.73. The van der Waals surface area contributed by atoms with Crippen LogP contribution >= 0.6 is 0 Å². The molecule has 4 rings (SSSR count). The molecule has 0 amide bonds. The summed E-state index contributed by atoms with van der Waals surface area (Å²) >= 11 is 0. The maximum atomic E-state index is 9.59. The lowest BCUT2D eigenvalue weighted by Crippen LogP contribution is -2.64. The highest BCUT2D eigenvalue weighted by Crippen LogP contribution is 2.71. The maximum absolute atomic E-state index is 9.59. The third-order valence-electron chi connectivity index (χ3n) is 12.6. The number of rotatable bonds is 9. The standard InChI is InChI=1S/C32H58O4/c1-10-34-36-28-19-23-26-14-13-24(21(4)12-11-20(2)3)31(26,8)17-16-27(23)32(9)18-15-25(22(5)35-33)30(6,7)29(28)32/h20-29,33H,10-19H2,1-9H3. The fourth-order valence-corrected chi connectivity index (χ4v) is 11.2. The van der Waals surface area contributed by atoms with Crippen LogP contribution in [0.25, 0.3) is 0 Å². The minimum atomic E-state index is -0.160. The van der Waals surface area contributed by atoms with E-state index < -0.39 is 0 Å². The minimum Gasteiger partial charge on any atom is -0.252 e. The summed E-state index contributed by atoms with van der Waals surface area (Å²) in [6, 6.07) is 0. The molecular weight excluding hydrogens is 448 g/mol. The van der Waals surface area contributed by atoms with Gasteiger partial charge in [-0.05, 0) is 122 Å². The van der Waals surface area contributed by atoms with Crippen LogP contribution in [0.1, 0.15) is 120 Å². The Morgan fingerprint density at radius 2 is 1.50 bits per heavy atom. The first kappa shape index (κ1) is 28.8. The zero-order valence-electron chi connectivity index (χ0n) is 25.0. The van der Waals surface area contributed by atoms with Gasteiger partial charge in [-0.2, -0.15) is 0 Å². The summed E-state index contributed by atoms with van der Waals surface area (Å²) in [6.45, 7) is 22.0. The highest BCUT2D eigenvalue weighted by atomic mass is 17.2. The highest BCUT2D eigenvalue weighted by molar-refractivity contribution is 5.14. The summed E-state index contributed by atoms with van der Waals surface area (Å²) in [7, 11) is 0. The van der Waals surface area contributed by atoms with Gasteiger partial charge < -0.3 is 0 Å². The van der Waals surface area contributed by atoms with Crippen LogP contribution in [0.4, 0.5) is 0 Å². The van der Waals surface area contributed by atoms with Crippen LogP contribution in [0, 0.1) is 63.6 Å². The van der Waals surface area contributed by atoms with Crippen molar-refractivity contribution in [1.82, 2.24) is 0 Å². The van der Waals surface area contributed by atoms with E-state index in [0.29, 0.717) is 23.9 Å². The number of hydrogen-bond acceptors (Lipinski definition) is 4. The molecule has 0 saturated heterocycles. The zero-order valence-corrected chi connectivity index (χ0v) is 25.0. The minimum absolute atomic E-state index is 0.00616. The Kier molecular flexibility index (Phi) is 8.63. The SMILES string of the molecule is CCOOC1CC2C3CCC(C(C)CCC(C)C)C3(C)CCC2C2(C)CCC(C(C)OO)C(C)(C)C12. The lowest BCUT2D eigenvalue weighted by molar-refractivity contribution is -0.372. The average molecular weight is 507 g/mol. The van der Waals surface area contributed by atoms with Crippen LogP contribution in [0.3, 0.4) is 0 Å². The molecule has 0 spiro atoms. The largest absolute Gasteiger partial charge is 0.252 e. The second-order valence-corrected chi connectivity index (χ2v) is 15.1. The van der Waals surface area contributed by atoms with E-state index in [9.17, 15) is 5.26 Å². The number of fused-ring (bicyclic) bond motifs is 5. The number of hydrogen-bond donors (Lipinski definition) is 1. The van der Waals surface area contributed by atoms with Crippen LogP contribution in [0.15, 0.2) is 0 Å². The van der Waals surface area contributed by atoms with Gasteiger partial charge in [-0.1, -0.05) is 61.3 Å². The Hall–Kier alpha value is -0.160. The van der Waals surface area contributed by atoms with Gasteiger partial charge in [0, 0.05) is 0 Å². The Labute approximate surface area is 222 Å². The Morgan fingerprint density at radius 3 is 2.14 bits per heavy atom. The molecule has 4 aliphatic carbocycles. The van der Waals surface area contributed by atoms with Gasteiger partial charge in [0.1, 0.15) is 0 Å². The fraction of sp³-hybridized carbons (Fsp3) is 1.00. The molecule has 0 aromatic heterocycles. The molecule has 4 nitrogen and oxygen atoms in total. The Morgan fingerprint density at radius 1 is 0.833 bits per heavy atom. The van der Waals surface area contributed by atoms with Crippen molar-refractivity contribution in [3.8, 4) is 0 Å². The first-order chi connectivity index (χ1) is 16.9. The van der Waals surface area contributed by atoms with E-state index in [2.05, 4.69) is 48.5 Å². The molecule has 1 N–H and O–H groups in total. The van der Waals surface area contributed by atoms with Gasteiger partial charge in [-0.3, -0.25) is 5.26 Å². The molecule has 11 unspecified atom stereocenters. The van der Waals surface area contributed by atoms with E-state index in [1.807, 2.05) is 13.8 Å². The molecule has 0 radical (unpaired) electrons. The Bertz CT molecular complexity index is 736. The van der Waals surface area contributed by atoms with Crippen LogP contribution in [0.2, 0.25) is 0 Å². The molecule has 0 heterocycles. The van der Waals surface area contributed by atoms with Crippen molar-refractivity contribution in [2.45, 2.75) is 132 Å². The van der Waals surface area contributed by atoms with Crippen molar-refractivity contribution in [1.29, 1.82) is 0 Å². The van der Waals surface area contributed by atoms with Crippen molar-refractivity contribution < 1.29 is 19.9 Å². The highest BCUT2D eigenvalue weighted by Gasteiger charge is 2.66. The summed E-state index contributed by atoms with van der Waals surface area (Å²) in [5, 5.41) is 9.59. The Balaban J connectivity index is 1.63. The monoisotopic (exact) mass is 506 g/mol. The average Bonchev–Trinajstić information content (AvgIpc) is 3.17. The summed E-state index contributed by atoms with van der Waals surface area (Å²) in [6.07, 6.45) is 11.7. The smallest absolute Gasteiger partial charge is 0.0971 e. The molecule has 0 aromatic rings. The summed E-state index contributed by atoms with van der Waals surface area (Å²) in [5.41, 5.74) is 0.720. The van der Waals surface area contributed by atoms with E-state index in [1.54, 1.807) is 0 Å². The van der Waals surface area contributed by atoms with Crippen molar-refractivity contribution >= 4 is 0 Å². The quantitative estimate of drug-likeness (QED) is 0.251.